The maximum atomic E-state index is 12.0. The lowest BCUT2D eigenvalue weighted by atomic mass is 9.95. The van der Waals surface area contributed by atoms with Crippen LogP contribution in [0.25, 0.3) is 0 Å². The third-order valence-corrected chi connectivity index (χ3v) is 2.92. The summed E-state index contributed by atoms with van der Waals surface area (Å²) in [7, 11) is 3.29. The van der Waals surface area contributed by atoms with Crippen molar-refractivity contribution < 1.29 is 38.1 Å². The lowest BCUT2D eigenvalue weighted by Crippen LogP contribution is -2.48. The third-order valence-electron chi connectivity index (χ3n) is 2.92. The summed E-state index contributed by atoms with van der Waals surface area (Å²) >= 11 is 0. The van der Waals surface area contributed by atoms with Gasteiger partial charge in [-0.3, -0.25) is 14.4 Å². The Bertz CT molecular complexity index is 397. The zero-order valence-corrected chi connectivity index (χ0v) is 13.3. The van der Waals surface area contributed by atoms with Crippen molar-refractivity contribution in [2.24, 2.45) is 0 Å². The monoisotopic (exact) mass is 318 g/mol. The van der Waals surface area contributed by atoms with Gasteiger partial charge in [0.15, 0.2) is 0 Å². The lowest BCUT2D eigenvalue weighted by molar-refractivity contribution is -0.189. The number of methoxy groups -OCH3 is 3. The van der Waals surface area contributed by atoms with Crippen molar-refractivity contribution in [2.45, 2.75) is 44.6 Å². The van der Waals surface area contributed by atoms with Crippen LogP contribution in [0.15, 0.2) is 0 Å². The molecule has 0 bridgehead atoms. The molecule has 0 aliphatic rings. The maximum Gasteiger partial charge on any atom is 0.351 e. The van der Waals surface area contributed by atoms with Crippen LogP contribution in [0.3, 0.4) is 0 Å². The predicted molar refractivity (Wildman–Crippen MR) is 73.6 cm³/mol. The summed E-state index contributed by atoms with van der Waals surface area (Å²) < 4.78 is 18.7. The van der Waals surface area contributed by atoms with E-state index in [1.165, 1.54) is 0 Å². The van der Waals surface area contributed by atoms with Crippen LogP contribution >= 0.6 is 0 Å². The minimum absolute atomic E-state index is 0.0532. The standard InChI is InChI=1S/C14H22O8/c1-5-6-7-10(15)22-14(13(18)21-4,8-11(16)19-2)9-12(17)20-3/h5-9H2,1-4H3. The molecule has 0 fully saturated rings. The summed E-state index contributed by atoms with van der Waals surface area (Å²) in [6.07, 6.45) is 0.0741. The smallest absolute Gasteiger partial charge is 0.351 e. The van der Waals surface area contributed by atoms with Gasteiger partial charge >= 0.3 is 23.9 Å². The van der Waals surface area contributed by atoms with E-state index in [2.05, 4.69) is 14.2 Å². The van der Waals surface area contributed by atoms with E-state index in [4.69, 9.17) is 4.74 Å². The van der Waals surface area contributed by atoms with Gasteiger partial charge in [0, 0.05) is 6.42 Å². The normalized spacial score (nSPS) is 10.5. The number of hydrogen-bond donors (Lipinski definition) is 0. The van der Waals surface area contributed by atoms with E-state index in [9.17, 15) is 19.2 Å². The molecule has 0 aromatic rings. The van der Waals surface area contributed by atoms with E-state index in [1.54, 1.807) is 0 Å². The van der Waals surface area contributed by atoms with Gasteiger partial charge in [0.05, 0.1) is 34.2 Å². The van der Waals surface area contributed by atoms with Gasteiger partial charge in [0.1, 0.15) is 0 Å². The zero-order chi connectivity index (χ0) is 17.2. The molecule has 0 spiro atoms. The Kier molecular flexibility index (Phi) is 8.81. The van der Waals surface area contributed by atoms with Crippen LogP contribution in [-0.2, 0) is 38.1 Å². The summed E-state index contributed by atoms with van der Waals surface area (Å²) in [5, 5.41) is 0. The zero-order valence-electron chi connectivity index (χ0n) is 13.3. The van der Waals surface area contributed by atoms with Crippen molar-refractivity contribution in [2.75, 3.05) is 21.3 Å². The van der Waals surface area contributed by atoms with Crippen LogP contribution in [0.1, 0.15) is 39.0 Å². The maximum absolute atomic E-state index is 12.0. The van der Waals surface area contributed by atoms with Crippen molar-refractivity contribution in [3.8, 4) is 0 Å². The highest BCUT2D eigenvalue weighted by atomic mass is 16.6. The molecule has 126 valence electrons. The quantitative estimate of drug-likeness (QED) is 0.453. The Morgan fingerprint density at radius 3 is 1.68 bits per heavy atom. The molecule has 0 rings (SSSR count). The summed E-state index contributed by atoms with van der Waals surface area (Å²) in [5.74, 6) is -3.37. The number of unbranched alkanes of at least 4 members (excludes halogenated alkanes) is 1. The van der Waals surface area contributed by atoms with Crippen molar-refractivity contribution in [1.29, 1.82) is 0 Å². The predicted octanol–water partition coefficient (Wildman–Crippen LogP) is 0.758. The number of carbonyl (C=O) groups excluding carboxylic acids is 4. The van der Waals surface area contributed by atoms with Crippen LogP contribution < -0.4 is 0 Å². The largest absolute Gasteiger partial charge is 0.469 e. The first kappa shape index (κ1) is 19.9. The van der Waals surface area contributed by atoms with Gasteiger partial charge in [-0.25, -0.2) is 4.79 Å². The van der Waals surface area contributed by atoms with Crippen LogP contribution in [0.4, 0.5) is 0 Å². The highest BCUT2D eigenvalue weighted by Gasteiger charge is 2.48. The van der Waals surface area contributed by atoms with Crippen molar-refractivity contribution >= 4 is 23.9 Å². The van der Waals surface area contributed by atoms with Crippen molar-refractivity contribution in [3.05, 3.63) is 0 Å². The van der Waals surface area contributed by atoms with Gasteiger partial charge in [-0.05, 0) is 6.42 Å². The molecule has 0 amide bonds. The minimum atomic E-state index is -2.08. The van der Waals surface area contributed by atoms with Crippen LogP contribution in [-0.4, -0.2) is 50.8 Å². The molecule has 0 saturated carbocycles. The minimum Gasteiger partial charge on any atom is -0.469 e. The highest BCUT2D eigenvalue weighted by molar-refractivity contribution is 5.92. The fourth-order valence-corrected chi connectivity index (χ4v) is 1.71. The summed E-state index contributed by atoms with van der Waals surface area (Å²) in [4.78, 5) is 47.0. The molecule has 0 aromatic heterocycles. The topological polar surface area (TPSA) is 105 Å². The van der Waals surface area contributed by atoms with Crippen molar-refractivity contribution in [3.63, 3.8) is 0 Å². The second-order valence-electron chi connectivity index (χ2n) is 4.57. The van der Waals surface area contributed by atoms with E-state index >= 15 is 0 Å². The number of ether oxygens (including phenoxy) is 4. The van der Waals surface area contributed by atoms with Gasteiger partial charge in [-0.15, -0.1) is 0 Å². The summed E-state index contributed by atoms with van der Waals surface area (Å²) in [6, 6.07) is 0. The van der Waals surface area contributed by atoms with Gasteiger partial charge in [0.25, 0.3) is 0 Å². The van der Waals surface area contributed by atoms with Gasteiger partial charge in [-0.1, -0.05) is 13.3 Å². The summed E-state index contributed by atoms with van der Waals surface area (Å²) in [5.41, 5.74) is -2.08. The molecule has 0 radical (unpaired) electrons. The molecule has 0 unspecified atom stereocenters. The molecule has 0 aliphatic carbocycles. The molecule has 0 saturated heterocycles. The number of esters is 4. The van der Waals surface area contributed by atoms with Gasteiger partial charge in [0.2, 0.25) is 5.60 Å². The summed E-state index contributed by atoms with van der Waals surface area (Å²) in [6.45, 7) is 1.88. The fourth-order valence-electron chi connectivity index (χ4n) is 1.71. The van der Waals surface area contributed by atoms with Crippen molar-refractivity contribution in [1.82, 2.24) is 0 Å². The molecule has 8 heteroatoms. The van der Waals surface area contributed by atoms with Gasteiger partial charge < -0.3 is 18.9 Å². The van der Waals surface area contributed by atoms with E-state index < -0.39 is 42.3 Å². The second-order valence-corrected chi connectivity index (χ2v) is 4.57. The number of carbonyl (C=O) groups is 4. The average Bonchev–Trinajstić information content (AvgIpc) is 2.51. The molecule has 0 heterocycles. The Hall–Kier alpha value is -2.12. The molecular weight excluding hydrogens is 296 g/mol. The Labute approximate surface area is 129 Å². The third kappa shape index (κ3) is 6.11. The van der Waals surface area contributed by atoms with Crippen LogP contribution in [0.2, 0.25) is 0 Å². The fraction of sp³-hybridized carbons (Fsp3) is 0.714. The van der Waals surface area contributed by atoms with Crippen LogP contribution in [0, 0.1) is 0 Å². The highest BCUT2D eigenvalue weighted by Crippen LogP contribution is 2.25. The Morgan fingerprint density at radius 1 is 0.818 bits per heavy atom. The van der Waals surface area contributed by atoms with E-state index in [0.29, 0.717) is 6.42 Å². The average molecular weight is 318 g/mol. The Morgan fingerprint density at radius 2 is 1.32 bits per heavy atom. The molecule has 0 atom stereocenters. The first-order valence-corrected chi connectivity index (χ1v) is 6.79. The van der Waals surface area contributed by atoms with Crippen LogP contribution in [0.5, 0.6) is 0 Å². The number of rotatable bonds is 9. The number of hydrogen-bond acceptors (Lipinski definition) is 8. The van der Waals surface area contributed by atoms with E-state index in [0.717, 1.165) is 27.8 Å². The van der Waals surface area contributed by atoms with Gasteiger partial charge in [-0.2, -0.15) is 0 Å². The lowest BCUT2D eigenvalue weighted by Gasteiger charge is -2.28. The van der Waals surface area contributed by atoms with E-state index in [-0.39, 0.29) is 6.42 Å². The molecule has 22 heavy (non-hydrogen) atoms. The molecular formula is C14H22O8. The second kappa shape index (κ2) is 9.75. The molecule has 0 N–H and O–H groups in total. The molecule has 8 nitrogen and oxygen atoms in total. The molecule has 0 aromatic carbocycles. The SMILES string of the molecule is CCCCC(=O)OC(CC(=O)OC)(CC(=O)OC)C(=O)OC. The van der Waals surface area contributed by atoms with E-state index in [1.807, 2.05) is 6.92 Å². The first-order chi connectivity index (χ1) is 10.3. The molecule has 0 aliphatic heterocycles. The first-order valence-electron chi connectivity index (χ1n) is 6.79. The Balaban J connectivity index is 5.42.